The molecule has 0 bridgehead atoms. The lowest BCUT2D eigenvalue weighted by Gasteiger charge is -2.28. The van der Waals surface area contributed by atoms with Gasteiger partial charge in [-0.25, -0.2) is 0 Å². The molecule has 1 aliphatic rings. The predicted octanol–water partition coefficient (Wildman–Crippen LogP) is 0.450. The maximum absolute atomic E-state index is 13.5. The molecule has 14 heteroatoms. The van der Waals surface area contributed by atoms with E-state index in [-0.39, 0.29) is 44.2 Å². The van der Waals surface area contributed by atoms with Crippen LogP contribution in [-0.2, 0) is 41.6 Å². The lowest BCUT2D eigenvalue weighted by molar-refractivity contribution is -0.139. The molecular formula is C33H47N7O7. The molecule has 2 aromatic rings. The number of carbonyl (C=O) groups excluding carboxylic acids is 6. The third-order valence-corrected chi connectivity index (χ3v) is 8.08. The number of likely N-dealkylation sites (N-methyl/N-ethyl adjacent to an activating group) is 1. The number of carbonyl (C=O) groups is 6. The molecule has 1 aromatic carbocycles. The van der Waals surface area contributed by atoms with E-state index in [1.54, 1.807) is 27.7 Å². The van der Waals surface area contributed by atoms with Gasteiger partial charge >= 0.3 is 0 Å². The molecule has 4 atom stereocenters. The second-order valence-electron chi connectivity index (χ2n) is 12.3. The van der Waals surface area contributed by atoms with Crippen LogP contribution in [0, 0.1) is 19.8 Å². The number of rotatable bonds is 7. The summed E-state index contributed by atoms with van der Waals surface area (Å²) in [5, 5.41) is 17.5. The van der Waals surface area contributed by atoms with E-state index < -0.39 is 53.7 Å². The van der Waals surface area contributed by atoms with Crippen molar-refractivity contribution in [2.45, 2.75) is 90.9 Å². The number of nitrogens with zero attached hydrogens (tertiary/aromatic N) is 2. The second kappa shape index (κ2) is 17.2. The van der Waals surface area contributed by atoms with Crippen molar-refractivity contribution in [1.29, 1.82) is 0 Å². The van der Waals surface area contributed by atoms with Crippen LogP contribution in [-0.4, -0.2) is 89.8 Å². The Morgan fingerprint density at radius 3 is 2.36 bits per heavy atom. The molecule has 1 saturated heterocycles. The second-order valence-corrected chi connectivity index (χ2v) is 12.3. The Bertz CT molecular complexity index is 1410. The highest BCUT2D eigenvalue weighted by Gasteiger charge is 2.32. The number of nitrogens with one attached hydrogen (secondary N) is 5. The average molecular weight is 654 g/mol. The first kappa shape index (κ1) is 36.7. The Kier molecular flexibility index (Phi) is 13.5. The lowest BCUT2D eigenvalue weighted by atomic mass is 10.0. The van der Waals surface area contributed by atoms with Crippen LogP contribution in [0.15, 0.2) is 34.9 Å². The fraction of sp³-hybridized carbons (Fsp3) is 0.545. The van der Waals surface area contributed by atoms with Crippen LogP contribution >= 0.6 is 0 Å². The van der Waals surface area contributed by atoms with Gasteiger partial charge in [0.25, 0.3) is 0 Å². The van der Waals surface area contributed by atoms with Gasteiger partial charge in [0.2, 0.25) is 35.4 Å². The molecule has 0 saturated carbocycles. The van der Waals surface area contributed by atoms with Crippen molar-refractivity contribution in [2.75, 3.05) is 20.1 Å². The first-order valence-corrected chi connectivity index (χ1v) is 15.9. The Morgan fingerprint density at radius 2 is 1.72 bits per heavy atom. The third kappa shape index (κ3) is 10.9. The maximum Gasteiger partial charge on any atom is 0.245 e. The largest absolute Gasteiger partial charge is 0.361 e. The molecule has 0 spiro atoms. The van der Waals surface area contributed by atoms with Gasteiger partial charge in [0.05, 0.1) is 12.2 Å². The Balaban J connectivity index is 1.79. The summed E-state index contributed by atoms with van der Waals surface area (Å²) in [6, 6.07) is 5.05. The van der Waals surface area contributed by atoms with Crippen LogP contribution in [0.1, 0.15) is 62.6 Å². The van der Waals surface area contributed by atoms with Gasteiger partial charge < -0.3 is 36.0 Å². The van der Waals surface area contributed by atoms with Crippen LogP contribution in [0.4, 0.5) is 0 Å². The normalized spacial score (nSPS) is 22.4. The van der Waals surface area contributed by atoms with Crippen LogP contribution in [0.5, 0.6) is 0 Å². The van der Waals surface area contributed by atoms with Crippen LogP contribution in [0.3, 0.4) is 0 Å². The molecule has 5 N–H and O–H groups in total. The van der Waals surface area contributed by atoms with E-state index in [0.717, 1.165) is 11.1 Å². The van der Waals surface area contributed by atoms with Crippen molar-refractivity contribution in [2.24, 2.45) is 5.92 Å². The minimum atomic E-state index is -1.06. The van der Waals surface area contributed by atoms with E-state index in [9.17, 15) is 28.8 Å². The van der Waals surface area contributed by atoms with E-state index in [0.29, 0.717) is 24.3 Å². The van der Waals surface area contributed by atoms with Gasteiger partial charge in [-0.05, 0) is 51.5 Å². The number of amides is 6. The SMILES string of the molecule is Cc1noc(C)c1CCC(=O)N[C@H]1CCCNC(=O)CN(C)C(=O)[C@H](Cc2ccccc2)NC(=O)[C@@H](C)NC(=O)[C@@H](C(C)C)NC1=O. The monoisotopic (exact) mass is 653 g/mol. The molecule has 0 aliphatic carbocycles. The fourth-order valence-corrected chi connectivity index (χ4v) is 5.29. The number of hydrogen-bond acceptors (Lipinski definition) is 8. The highest BCUT2D eigenvalue weighted by Crippen LogP contribution is 2.15. The van der Waals surface area contributed by atoms with Gasteiger partial charge in [0.15, 0.2) is 0 Å². The Labute approximate surface area is 275 Å². The van der Waals surface area contributed by atoms with Gasteiger partial charge in [-0.15, -0.1) is 0 Å². The number of aryl methyl sites for hydroxylation is 2. The summed E-state index contributed by atoms with van der Waals surface area (Å²) in [5.41, 5.74) is 2.31. The van der Waals surface area contributed by atoms with Gasteiger partial charge in [-0.2, -0.15) is 0 Å². The number of benzene rings is 1. The molecule has 0 unspecified atom stereocenters. The van der Waals surface area contributed by atoms with E-state index in [1.807, 2.05) is 30.3 Å². The molecule has 3 rings (SSSR count). The van der Waals surface area contributed by atoms with E-state index in [4.69, 9.17) is 4.52 Å². The van der Waals surface area contributed by atoms with Crippen molar-refractivity contribution < 1.29 is 33.3 Å². The summed E-state index contributed by atoms with van der Waals surface area (Å²) in [7, 11) is 1.47. The third-order valence-electron chi connectivity index (χ3n) is 8.08. The van der Waals surface area contributed by atoms with Crippen molar-refractivity contribution in [3.63, 3.8) is 0 Å². The standard InChI is InChI=1S/C33H47N7O7/c1-19(2)29-32(45)35-21(4)30(43)37-26(17-23-11-8-7-9-12-23)33(46)40(6)18-28(42)34-16-10-13-25(31(44)38-29)36-27(41)15-14-24-20(3)39-47-22(24)5/h7-9,11-12,19,21,25-26,29H,10,13-18H2,1-6H3,(H,34,42)(H,35,45)(H,36,41)(H,37,43)(H,38,44)/t21-,25+,26+,29-/m1/s1. The van der Waals surface area contributed by atoms with Crippen molar-refractivity contribution in [1.82, 2.24) is 36.6 Å². The Hall–Kier alpha value is -4.75. The molecule has 1 fully saturated rings. The van der Waals surface area contributed by atoms with Crippen LogP contribution < -0.4 is 26.6 Å². The molecule has 1 aromatic heterocycles. The van der Waals surface area contributed by atoms with E-state index in [2.05, 4.69) is 31.7 Å². The zero-order chi connectivity index (χ0) is 34.7. The zero-order valence-electron chi connectivity index (χ0n) is 28.0. The van der Waals surface area contributed by atoms with Crippen molar-refractivity contribution in [3.05, 3.63) is 52.9 Å². The minimum absolute atomic E-state index is 0.0791. The summed E-state index contributed by atoms with van der Waals surface area (Å²) < 4.78 is 5.17. The highest BCUT2D eigenvalue weighted by molar-refractivity contribution is 5.96. The molecule has 0 radical (unpaired) electrons. The summed E-state index contributed by atoms with van der Waals surface area (Å²) in [6.07, 6.45) is 1.12. The van der Waals surface area contributed by atoms with Gasteiger partial charge in [-0.1, -0.05) is 49.3 Å². The smallest absolute Gasteiger partial charge is 0.245 e. The number of aromatic nitrogens is 1. The number of hydrogen-bond donors (Lipinski definition) is 5. The maximum atomic E-state index is 13.5. The van der Waals surface area contributed by atoms with E-state index >= 15 is 0 Å². The Morgan fingerprint density at radius 1 is 1.02 bits per heavy atom. The summed E-state index contributed by atoms with van der Waals surface area (Å²) in [6.45, 7) is 8.44. The quantitative estimate of drug-likeness (QED) is 0.284. The molecule has 47 heavy (non-hydrogen) atoms. The fourth-order valence-electron chi connectivity index (χ4n) is 5.29. The molecule has 6 amide bonds. The highest BCUT2D eigenvalue weighted by atomic mass is 16.5. The minimum Gasteiger partial charge on any atom is -0.361 e. The topological polar surface area (TPSA) is 192 Å². The summed E-state index contributed by atoms with van der Waals surface area (Å²) in [5.74, 6) is -2.77. The molecule has 256 valence electrons. The molecule has 14 nitrogen and oxygen atoms in total. The van der Waals surface area contributed by atoms with E-state index in [1.165, 1.54) is 18.9 Å². The molecule has 2 heterocycles. The molecular weight excluding hydrogens is 606 g/mol. The molecule has 1 aliphatic heterocycles. The predicted molar refractivity (Wildman–Crippen MR) is 173 cm³/mol. The van der Waals surface area contributed by atoms with Crippen molar-refractivity contribution >= 4 is 35.4 Å². The zero-order valence-corrected chi connectivity index (χ0v) is 28.0. The van der Waals surface area contributed by atoms with Gasteiger partial charge in [0.1, 0.15) is 29.9 Å². The van der Waals surface area contributed by atoms with Gasteiger partial charge in [0, 0.05) is 32.0 Å². The van der Waals surface area contributed by atoms with Gasteiger partial charge in [-0.3, -0.25) is 28.8 Å². The first-order chi connectivity index (χ1) is 22.3. The first-order valence-electron chi connectivity index (χ1n) is 15.9. The van der Waals surface area contributed by atoms with Crippen LogP contribution in [0.25, 0.3) is 0 Å². The summed E-state index contributed by atoms with van der Waals surface area (Å²) >= 11 is 0. The van der Waals surface area contributed by atoms with Crippen LogP contribution in [0.2, 0.25) is 0 Å². The average Bonchev–Trinajstić information content (AvgIpc) is 3.35. The summed E-state index contributed by atoms with van der Waals surface area (Å²) in [4.78, 5) is 80.5. The van der Waals surface area contributed by atoms with Crippen molar-refractivity contribution in [3.8, 4) is 0 Å². The lowest BCUT2D eigenvalue weighted by Crippen LogP contribution is -2.59.